The zero-order chi connectivity index (χ0) is 12.5. The first-order chi connectivity index (χ1) is 8.78. The van der Waals surface area contributed by atoms with Crippen LogP contribution in [0.5, 0.6) is 0 Å². The molecule has 1 heterocycles. The molecular formula is C15H8ClNO. The zero-order valence-electron chi connectivity index (χ0n) is 9.35. The van der Waals surface area contributed by atoms with Crippen LogP contribution >= 0.6 is 11.6 Å². The molecule has 3 rings (SSSR count). The van der Waals surface area contributed by atoms with E-state index in [9.17, 15) is 0 Å². The summed E-state index contributed by atoms with van der Waals surface area (Å²) >= 11 is 6.18. The van der Waals surface area contributed by atoms with Crippen molar-refractivity contribution >= 4 is 22.6 Å². The molecule has 0 spiro atoms. The van der Waals surface area contributed by atoms with E-state index in [0.717, 1.165) is 16.5 Å². The maximum absolute atomic E-state index is 8.83. The number of halogens is 1. The summed E-state index contributed by atoms with van der Waals surface area (Å²) in [7, 11) is 0. The van der Waals surface area contributed by atoms with Crippen molar-refractivity contribution in [2.45, 2.75) is 0 Å². The molecule has 0 radical (unpaired) electrons. The van der Waals surface area contributed by atoms with E-state index < -0.39 is 0 Å². The van der Waals surface area contributed by atoms with E-state index in [1.807, 2.05) is 48.5 Å². The molecule has 2 aromatic carbocycles. The van der Waals surface area contributed by atoms with Gasteiger partial charge in [0.1, 0.15) is 6.07 Å². The molecule has 0 bridgehead atoms. The van der Waals surface area contributed by atoms with E-state index in [4.69, 9.17) is 21.3 Å². The predicted molar refractivity (Wildman–Crippen MR) is 71.4 cm³/mol. The van der Waals surface area contributed by atoms with Gasteiger partial charge in [-0.05, 0) is 23.3 Å². The molecule has 0 atom stereocenters. The second-order valence-electron chi connectivity index (χ2n) is 3.96. The second kappa shape index (κ2) is 4.21. The highest BCUT2D eigenvalue weighted by atomic mass is 35.5. The molecule has 0 fully saturated rings. The van der Waals surface area contributed by atoms with Crippen LogP contribution in [-0.4, -0.2) is 0 Å². The minimum Gasteiger partial charge on any atom is -0.444 e. The lowest BCUT2D eigenvalue weighted by molar-refractivity contribution is 0.599. The summed E-state index contributed by atoms with van der Waals surface area (Å²) in [6.07, 6.45) is 0. The van der Waals surface area contributed by atoms with Crippen LogP contribution in [0, 0.1) is 11.3 Å². The number of nitrogens with zero attached hydrogens (tertiary/aromatic N) is 1. The number of fused-ring (bicyclic) bond motifs is 1. The van der Waals surface area contributed by atoms with Crippen molar-refractivity contribution in [1.29, 1.82) is 5.26 Å². The lowest BCUT2D eigenvalue weighted by Gasteiger charge is -2.02. The van der Waals surface area contributed by atoms with Crippen LogP contribution in [-0.2, 0) is 0 Å². The monoisotopic (exact) mass is 253 g/mol. The minimum absolute atomic E-state index is 0.275. The van der Waals surface area contributed by atoms with Crippen LogP contribution in [0.25, 0.3) is 22.1 Å². The third-order valence-electron chi connectivity index (χ3n) is 2.79. The maximum atomic E-state index is 8.83. The number of hydrogen-bond donors (Lipinski definition) is 0. The van der Waals surface area contributed by atoms with Gasteiger partial charge in [0.05, 0.1) is 5.02 Å². The summed E-state index contributed by atoms with van der Waals surface area (Å²) in [6.45, 7) is 0. The van der Waals surface area contributed by atoms with Gasteiger partial charge >= 0.3 is 0 Å². The Labute approximate surface area is 109 Å². The Bertz CT molecular complexity index is 753. The summed E-state index contributed by atoms with van der Waals surface area (Å²) in [5, 5.41) is 10.2. The first-order valence-corrected chi connectivity index (χ1v) is 5.84. The van der Waals surface area contributed by atoms with Gasteiger partial charge in [0, 0.05) is 11.5 Å². The van der Waals surface area contributed by atoms with Crippen molar-refractivity contribution in [3.63, 3.8) is 0 Å². The van der Waals surface area contributed by atoms with E-state index >= 15 is 0 Å². The van der Waals surface area contributed by atoms with Gasteiger partial charge in [-0.2, -0.15) is 5.26 Å². The first kappa shape index (κ1) is 10.9. The van der Waals surface area contributed by atoms with Gasteiger partial charge < -0.3 is 4.42 Å². The first-order valence-electron chi connectivity index (χ1n) is 5.46. The largest absolute Gasteiger partial charge is 0.444 e. The third-order valence-corrected chi connectivity index (χ3v) is 3.07. The number of furan rings is 1. The van der Waals surface area contributed by atoms with Crippen molar-refractivity contribution in [3.05, 3.63) is 59.3 Å². The summed E-state index contributed by atoms with van der Waals surface area (Å²) in [4.78, 5) is 0. The highest BCUT2D eigenvalue weighted by Crippen LogP contribution is 2.32. The molecule has 18 heavy (non-hydrogen) atoms. The van der Waals surface area contributed by atoms with Gasteiger partial charge in [-0.15, -0.1) is 0 Å². The van der Waals surface area contributed by atoms with Gasteiger partial charge in [-0.3, -0.25) is 0 Å². The third kappa shape index (κ3) is 1.75. The van der Waals surface area contributed by atoms with Crippen LogP contribution in [0.4, 0.5) is 0 Å². The highest BCUT2D eigenvalue weighted by molar-refractivity contribution is 6.35. The second-order valence-corrected chi connectivity index (χ2v) is 4.37. The highest BCUT2D eigenvalue weighted by Gasteiger charge is 2.09. The SMILES string of the molecule is N#Cc1cc2cc(-c3ccccc3)cc(Cl)c2o1. The van der Waals surface area contributed by atoms with Gasteiger partial charge in [0.2, 0.25) is 5.76 Å². The minimum atomic E-state index is 0.275. The fourth-order valence-electron chi connectivity index (χ4n) is 1.96. The number of rotatable bonds is 1. The van der Waals surface area contributed by atoms with Crippen LogP contribution in [0.15, 0.2) is 52.9 Å². The van der Waals surface area contributed by atoms with Crippen LogP contribution in [0.1, 0.15) is 5.76 Å². The van der Waals surface area contributed by atoms with Gasteiger partial charge in [0.25, 0.3) is 0 Å². The van der Waals surface area contributed by atoms with Crippen molar-refractivity contribution in [2.24, 2.45) is 0 Å². The number of hydrogen-bond acceptors (Lipinski definition) is 2. The van der Waals surface area contributed by atoms with E-state index in [-0.39, 0.29) is 5.76 Å². The van der Waals surface area contributed by atoms with Crippen LogP contribution < -0.4 is 0 Å². The summed E-state index contributed by atoms with van der Waals surface area (Å²) < 4.78 is 5.35. The topological polar surface area (TPSA) is 36.9 Å². The van der Waals surface area contributed by atoms with E-state index in [0.29, 0.717) is 10.6 Å². The van der Waals surface area contributed by atoms with Gasteiger partial charge in [0.15, 0.2) is 5.58 Å². The molecule has 0 unspecified atom stereocenters. The molecule has 0 amide bonds. The number of benzene rings is 2. The van der Waals surface area contributed by atoms with Gasteiger partial charge in [-0.1, -0.05) is 41.9 Å². The zero-order valence-corrected chi connectivity index (χ0v) is 10.1. The predicted octanol–water partition coefficient (Wildman–Crippen LogP) is 4.62. The van der Waals surface area contributed by atoms with E-state index in [2.05, 4.69) is 0 Å². The standard InChI is InChI=1S/C15H8ClNO/c16-14-8-11(10-4-2-1-3-5-10)6-12-7-13(9-17)18-15(12)14/h1-8H. The maximum Gasteiger partial charge on any atom is 0.204 e. The Balaban J connectivity index is 2.25. The summed E-state index contributed by atoms with van der Waals surface area (Å²) in [5.41, 5.74) is 2.66. The van der Waals surface area contributed by atoms with Crippen molar-refractivity contribution < 1.29 is 4.42 Å². The fraction of sp³-hybridized carbons (Fsp3) is 0. The Hall–Kier alpha value is -2.24. The molecule has 0 aliphatic carbocycles. The Kier molecular flexibility index (Phi) is 2.55. The lowest BCUT2D eigenvalue weighted by atomic mass is 10.0. The smallest absolute Gasteiger partial charge is 0.204 e. The van der Waals surface area contributed by atoms with Crippen molar-refractivity contribution in [3.8, 4) is 17.2 Å². The molecule has 0 saturated carbocycles. The summed E-state index contributed by atoms with van der Waals surface area (Å²) in [5.74, 6) is 0.275. The Morgan fingerprint density at radius 2 is 1.78 bits per heavy atom. The fourth-order valence-corrected chi connectivity index (χ4v) is 2.23. The van der Waals surface area contributed by atoms with E-state index in [1.165, 1.54) is 0 Å². The molecule has 0 aliphatic rings. The summed E-state index contributed by atoms with van der Waals surface area (Å²) in [6, 6.07) is 17.5. The molecule has 0 N–H and O–H groups in total. The van der Waals surface area contributed by atoms with Crippen LogP contribution in [0.2, 0.25) is 5.02 Å². The molecule has 86 valence electrons. The van der Waals surface area contributed by atoms with Crippen LogP contribution in [0.3, 0.4) is 0 Å². The Morgan fingerprint density at radius 1 is 1.00 bits per heavy atom. The molecule has 0 saturated heterocycles. The average molecular weight is 254 g/mol. The number of nitriles is 1. The Morgan fingerprint density at radius 3 is 2.50 bits per heavy atom. The van der Waals surface area contributed by atoms with Crippen molar-refractivity contribution in [2.75, 3.05) is 0 Å². The van der Waals surface area contributed by atoms with Crippen molar-refractivity contribution in [1.82, 2.24) is 0 Å². The molecule has 2 nitrogen and oxygen atoms in total. The average Bonchev–Trinajstić information content (AvgIpc) is 2.83. The molecule has 0 aliphatic heterocycles. The molecule has 1 aromatic heterocycles. The quantitative estimate of drug-likeness (QED) is 0.634. The molecule has 3 aromatic rings. The lowest BCUT2D eigenvalue weighted by Crippen LogP contribution is -1.77. The normalized spacial score (nSPS) is 10.4. The molecular weight excluding hydrogens is 246 g/mol. The van der Waals surface area contributed by atoms with Gasteiger partial charge in [-0.25, -0.2) is 0 Å². The van der Waals surface area contributed by atoms with E-state index in [1.54, 1.807) is 6.07 Å². The molecule has 3 heteroatoms.